The molecule has 2 aromatic rings. The topological polar surface area (TPSA) is 68.2 Å². The maximum atomic E-state index is 9.92. The van der Waals surface area contributed by atoms with Crippen molar-refractivity contribution in [3.63, 3.8) is 0 Å². The Labute approximate surface area is 176 Å². The molecule has 0 bridgehead atoms. The second-order valence-electron chi connectivity index (χ2n) is 7.77. The molecule has 3 unspecified atom stereocenters. The van der Waals surface area contributed by atoms with Crippen LogP contribution in [0.15, 0.2) is 42.5 Å². The molecule has 0 amide bonds. The molecule has 2 N–H and O–H groups in total. The first-order valence-corrected chi connectivity index (χ1v) is 10.6. The van der Waals surface area contributed by atoms with Crippen molar-refractivity contribution in [3.05, 3.63) is 64.2 Å². The van der Waals surface area contributed by atoms with Gasteiger partial charge >= 0.3 is 0 Å². The van der Waals surface area contributed by atoms with Gasteiger partial charge in [-0.3, -0.25) is 0 Å². The van der Waals surface area contributed by atoms with Crippen molar-refractivity contribution in [1.82, 2.24) is 0 Å². The predicted octanol–water partition coefficient (Wildman–Crippen LogP) is 3.67. The molecule has 2 aliphatic heterocycles. The van der Waals surface area contributed by atoms with Gasteiger partial charge in [-0.05, 0) is 54.2 Å². The van der Waals surface area contributed by atoms with Crippen LogP contribution >= 0.6 is 11.6 Å². The molecule has 0 aromatic heterocycles. The summed E-state index contributed by atoms with van der Waals surface area (Å²) in [6.45, 7) is 1.24. The van der Waals surface area contributed by atoms with Crippen molar-refractivity contribution < 1.29 is 24.4 Å². The van der Waals surface area contributed by atoms with Crippen LogP contribution in [0.1, 0.15) is 42.1 Å². The zero-order valence-corrected chi connectivity index (χ0v) is 17.1. The molecule has 156 valence electrons. The van der Waals surface area contributed by atoms with Gasteiger partial charge in [0.05, 0.1) is 32.0 Å². The average Bonchev–Trinajstić information content (AvgIpc) is 3.24. The highest BCUT2D eigenvalue weighted by Crippen LogP contribution is 2.33. The molecule has 0 radical (unpaired) electrons. The molecule has 2 saturated heterocycles. The van der Waals surface area contributed by atoms with Crippen LogP contribution in [0.4, 0.5) is 0 Å². The number of hydrogen-bond donors (Lipinski definition) is 2. The maximum absolute atomic E-state index is 9.92. The lowest BCUT2D eigenvalue weighted by molar-refractivity contribution is -0.135. The van der Waals surface area contributed by atoms with Gasteiger partial charge < -0.3 is 24.4 Å². The Morgan fingerprint density at radius 1 is 1.07 bits per heavy atom. The number of aliphatic hydroxyl groups is 2. The van der Waals surface area contributed by atoms with E-state index in [1.807, 2.05) is 24.3 Å². The third-order valence-electron chi connectivity index (χ3n) is 5.62. The first-order chi connectivity index (χ1) is 14.1. The molecule has 0 spiro atoms. The normalized spacial score (nSPS) is 27.1. The zero-order valence-electron chi connectivity index (χ0n) is 16.3. The van der Waals surface area contributed by atoms with E-state index in [1.54, 1.807) is 0 Å². The minimum Gasteiger partial charge on any atom is -0.488 e. The number of hydrogen-bond acceptors (Lipinski definition) is 5. The fourth-order valence-electron chi connectivity index (χ4n) is 3.92. The van der Waals surface area contributed by atoms with Gasteiger partial charge in [-0.15, -0.1) is 0 Å². The highest BCUT2D eigenvalue weighted by atomic mass is 35.5. The quantitative estimate of drug-likeness (QED) is 0.749. The summed E-state index contributed by atoms with van der Waals surface area (Å²) in [5.74, 6) is 0.855. The number of benzene rings is 2. The highest BCUT2D eigenvalue weighted by molar-refractivity contribution is 6.31. The molecule has 0 saturated carbocycles. The van der Waals surface area contributed by atoms with Gasteiger partial charge in [0.25, 0.3) is 0 Å². The summed E-state index contributed by atoms with van der Waals surface area (Å²) in [5.41, 5.74) is 3.19. The van der Waals surface area contributed by atoms with E-state index in [-0.39, 0.29) is 18.8 Å². The molecular weight excluding hydrogens is 392 g/mol. The minimum atomic E-state index is -0.612. The van der Waals surface area contributed by atoms with Gasteiger partial charge in [0.1, 0.15) is 18.0 Å². The lowest BCUT2D eigenvalue weighted by atomic mass is 9.94. The summed E-state index contributed by atoms with van der Waals surface area (Å²) in [7, 11) is 0. The molecule has 4 rings (SSSR count). The van der Waals surface area contributed by atoms with E-state index in [4.69, 9.17) is 25.8 Å². The van der Waals surface area contributed by atoms with E-state index in [0.29, 0.717) is 24.5 Å². The number of rotatable bonds is 6. The standard InChI is InChI=1S/C23H27ClO5/c24-20-6-3-16(22-8-7-21(26)23(13-25)29-22)12-17(20)11-15-1-4-18(5-2-15)28-19-9-10-27-14-19/h1-6,12,19,21-23,25-26H,7-11,13-14H2/t19-,21?,22?,23?/m0/s1. The number of ether oxygens (including phenoxy) is 3. The van der Waals surface area contributed by atoms with E-state index >= 15 is 0 Å². The fraction of sp³-hybridized carbons (Fsp3) is 0.478. The van der Waals surface area contributed by atoms with Crippen LogP contribution in [0.25, 0.3) is 0 Å². The summed E-state index contributed by atoms with van der Waals surface area (Å²) < 4.78 is 17.2. The van der Waals surface area contributed by atoms with Gasteiger partial charge in [0.15, 0.2) is 0 Å². The molecule has 6 heteroatoms. The van der Waals surface area contributed by atoms with Gasteiger partial charge in [0.2, 0.25) is 0 Å². The molecule has 2 fully saturated rings. The Bertz CT molecular complexity index is 803. The first-order valence-electron chi connectivity index (χ1n) is 10.2. The predicted molar refractivity (Wildman–Crippen MR) is 110 cm³/mol. The van der Waals surface area contributed by atoms with Gasteiger partial charge in [0, 0.05) is 11.4 Å². The van der Waals surface area contributed by atoms with Crippen molar-refractivity contribution in [3.8, 4) is 5.75 Å². The summed E-state index contributed by atoms with van der Waals surface area (Å²) >= 11 is 6.45. The Morgan fingerprint density at radius 3 is 2.62 bits per heavy atom. The first kappa shape index (κ1) is 20.6. The Balaban J connectivity index is 1.44. The van der Waals surface area contributed by atoms with E-state index < -0.39 is 12.2 Å². The largest absolute Gasteiger partial charge is 0.488 e. The Morgan fingerprint density at radius 2 is 1.90 bits per heavy atom. The van der Waals surface area contributed by atoms with E-state index in [0.717, 1.165) is 41.9 Å². The zero-order chi connectivity index (χ0) is 20.2. The molecule has 4 atom stereocenters. The molecule has 2 heterocycles. The van der Waals surface area contributed by atoms with Crippen molar-refractivity contribution in [2.45, 2.75) is 50.1 Å². The van der Waals surface area contributed by atoms with Crippen LogP contribution < -0.4 is 4.74 Å². The van der Waals surface area contributed by atoms with E-state index in [9.17, 15) is 10.2 Å². The molecule has 2 aromatic carbocycles. The van der Waals surface area contributed by atoms with Gasteiger partial charge in [-0.1, -0.05) is 35.9 Å². The highest BCUT2D eigenvalue weighted by Gasteiger charge is 2.30. The second-order valence-corrected chi connectivity index (χ2v) is 8.17. The van der Waals surface area contributed by atoms with Crippen LogP contribution in [0, 0.1) is 0 Å². The molecule has 29 heavy (non-hydrogen) atoms. The monoisotopic (exact) mass is 418 g/mol. The molecule has 5 nitrogen and oxygen atoms in total. The summed E-state index contributed by atoms with van der Waals surface area (Å²) in [6.07, 6.45) is 1.82. The summed E-state index contributed by atoms with van der Waals surface area (Å²) in [6, 6.07) is 14.0. The third kappa shape index (κ3) is 5.11. The average molecular weight is 419 g/mol. The third-order valence-corrected chi connectivity index (χ3v) is 5.99. The molecule has 2 aliphatic rings. The number of aliphatic hydroxyl groups excluding tert-OH is 2. The smallest absolute Gasteiger partial charge is 0.124 e. The Hall–Kier alpha value is -1.63. The summed E-state index contributed by atoms with van der Waals surface area (Å²) in [5, 5.41) is 20.0. The van der Waals surface area contributed by atoms with Gasteiger partial charge in [-0.25, -0.2) is 0 Å². The SMILES string of the molecule is OCC1OC(c2ccc(Cl)c(Cc3ccc(O[C@H]4CCOC4)cc3)c2)CCC1O. The van der Waals surface area contributed by atoms with Crippen LogP contribution in [0.5, 0.6) is 5.75 Å². The van der Waals surface area contributed by atoms with Crippen molar-refractivity contribution in [1.29, 1.82) is 0 Å². The van der Waals surface area contributed by atoms with Gasteiger partial charge in [-0.2, -0.15) is 0 Å². The molecular formula is C23H27ClO5. The minimum absolute atomic E-state index is 0.142. The van der Waals surface area contributed by atoms with Crippen LogP contribution in [0.3, 0.4) is 0 Å². The lowest BCUT2D eigenvalue weighted by Gasteiger charge is -2.33. The van der Waals surface area contributed by atoms with E-state index in [1.165, 1.54) is 0 Å². The van der Waals surface area contributed by atoms with E-state index in [2.05, 4.69) is 18.2 Å². The fourth-order valence-corrected chi connectivity index (χ4v) is 4.11. The van der Waals surface area contributed by atoms with Crippen molar-refractivity contribution in [2.24, 2.45) is 0 Å². The van der Waals surface area contributed by atoms with Crippen LogP contribution in [-0.4, -0.2) is 48.3 Å². The van der Waals surface area contributed by atoms with Crippen molar-refractivity contribution >= 4 is 11.6 Å². The lowest BCUT2D eigenvalue weighted by Crippen LogP contribution is -2.38. The van der Waals surface area contributed by atoms with Crippen molar-refractivity contribution in [2.75, 3.05) is 19.8 Å². The Kier molecular flexibility index (Phi) is 6.73. The van der Waals surface area contributed by atoms with Crippen LogP contribution in [-0.2, 0) is 15.9 Å². The number of halogens is 1. The molecule has 0 aliphatic carbocycles. The van der Waals surface area contributed by atoms with Crippen LogP contribution in [0.2, 0.25) is 5.02 Å². The second kappa shape index (κ2) is 9.45. The summed E-state index contributed by atoms with van der Waals surface area (Å²) in [4.78, 5) is 0. The maximum Gasteiger partial charge on any atom is 0.124 e.